The second-order valence-corrected chi connectivity index (χ2v) is 4.69. The molecule has 0 aliphatic heterocycles. The molecule has 0 radical (unpaired) electrons. The summed E-state index contributed by atoms with van der Waals surface area (Å²) in [5.74, 6) is 0.0554. The SMILES string of the molecule is CCC(O)CCNC(=O)CCc1cccc(C)c1. The summed E-state index contributed by atoms with van der Waals surface area (Å²) in [6, 6.07) is 8.21. The lowest BCUT2D eigenvalue weighted by atomic mass is 10.1. The number of aliphatic hydroxyl groups is 1. The van der Waals surface area contributed by atoms with Gasteiger partial charge in [0.05, 0.1) is 6.10 Å². The van der Waals surface area contributed by atoms with Crippen molar-refractivity contribution >= 4 is 5.91 Å². The summed E-state index contributed by atoms with van der Waals surface area (Å²) >= 11 is 0. The summed E-state index contributed by atoms with van der Waals surface area (Å²) in [5.41, 5.74) is 2.41. The molecule has 0 aliphatic carbocycles. The van der Waals surface area contributed by atoms with E-state index in [4.69, 9.17) is 0 Å². The predicted molar refractivity (Wildman–Crippen MR) is 73.4 cm³/mol. The van der Waals surface area contributed by atoms with Crippen LogP contribution in [-0.2, 0) is 11.2 Å². The van der Waals surface area contributed by atoms with Crippen molar-refractivity contribution in [3.8, 4) is 0 Å². The molecule has 0 heterocycles. The van der Waals surface area contributed by atoms with E-state index in [1.165, 1.54) is 11.1 Å². The maximum Gasteiger partial charge on any atom is 0.220 e. The molecule has 100 valence electrons. The van der Waals surface area contributed by atoms with Crippen LogP contribution in [0.25, 0.3) is 0 Å². The molecule has 0 spiro atoms. The van der Waals surface area contributed by atoms with E-state index in [1.807, 2.05) is 19.1 Å². The van der Waals surface area contributed by atoms with E-state index in [-0.39, 0.29) is 12.0 Å². The van der Waals surface area contributed by atoms with Gasteiger partial charge >= 0.3 is 0 Å². The van der Waals surface area contributed by atoms with Gasteiger partial charge in [0.15, 0.2) is 0 Å². The van der Waals surface area contributed by atoms with Gasteiger partial charge in [0.1, 0.15) is 0 Å². The molecular weight excluding hydrogens is 226 g/mol. The van der Waals surface area contributed by atoms with Gasteiger partial charge in [0.25, 0.3) is 0 Å². The average Bonchev–Trinajstić information content (AvgIpc) is 2.36. The van der Waals surface area contributed by atoms with Gasteiger partial charge in [-0.05, 0) is 31.7 Å². The Morgan fingerprint density at radius 3 is 2.89 bits per heavy atom. The molecule has 2 N–H and O–H groups in total. The zero-order chi connectivity index (χ0) is 13.4. The Balaban J connectivity index is 2.21. The molecular formula is C15H23NO2. The van der Waals surface area contributed by atoms with Crippen LogP contribution in [-0.4, -0.2) is 23.7 Å². The van der Waals surface area contributed by atoms with E-state index in [1.54, 1.807) is 0 Å². The fourth-order valence-corrected chi connectivity index (χ4v) is 1.80. The number of carbonyl (C=O) groups is 1. The maximum absolute atomic E-state index is 11.6. The first-order chi connectivity index (χ1) is 8.61. The maximum atomic E-state index is 11.6. The molecule has 1 rings (SSSR count). The third-order valence-corrected chi connectivity index (χ3v) is 2.99. The standard InChI is InChI=1S/C15H23NO2/c1-3-14(17)9-10-16-15(18)8-7-13-6-4-5-12(2)11-13/h4-6,11,14,17H,3,7-10H2,1-2H3,(H,16,18). The zero-order valence-electron chi connectivity index (χ0n) is 11.3. The molecule has 0 aliphatic rings. The number of hydrogen-bond acceptors (Lipinski definition) is 2. The summed E-state index contributed by atoms with van der Waals surface area (Å²) < 4.78 is 0. The zero-order valence-corrected chi connectivity index (χ0v) is 11.3. The van der Waals surface area contributed by atoms with Crippen molar-refractivity contribution in [3.63, 3.8) is 0 Å². The van der Waals surface area contributed by atoms with Gasteiger partial charge in [-0.3, -0.25) is 4.79 Å². The summed E-state index contributed by atoms with van der Waals surface area (Å²) in [4.78, 5) is 11.6. The molecule has 18 heavy (non-hydrogen) atoms. The third kappa shape index (κ3) is 5.82. The van der Waals surface area contributed by atoms with E-state index in [0.29, 0.717) is 19.4 Å². The number of amides is 1. The van der Waals surface area contributed by atoms with Crippen molar-refractivity contribution in [2.24, 2.45) is 0 Å². The fourth-order valence-electron chi connectivity index (χ4n) is 1.80. The Morgan fingerprint density at radius 2 is 2.22 bits per heavy atom. The van der Waals surface area contributed by atoms with Crippen molar-refractivity contribution in [2.75, 3.05) is 6.54 Å². The van der Waals surface area contributed by atoms with Crippen LogP contribution < -0.4 is 5.32 Å². The largest absolute Gasteiger partial charge is 0.393 e. The lowest BCUT2D eigenvalue weighted by molar-refractivity contribution is -0.121. The second-order valence-electron chi connectivity index (χ2n) is 4.69. The Kier molecular flexibility index (Phi) is 6.44. The van der Waals surface area contributed by atoms with Crippen molar-refractivity contribution < 1.29 is 9.90 Å². The molecule has 0 saturated carbocycles. The smallest absolute Gasteiger partial charge is 0.220 e. The van der Waals surface area contributed by atoms with Gasteiger partial charge in [0.2, 0.25) is 5.91 Å². The number of aliphatic hydroxyl groups excluding tert-OH is 1. The first kappa shape index (κ1) is 14.7. The lowest BCUT2D eigenvalue weighted by Gasteiger charge is -2.09. The van der Waals surface area contributed by atoms with Crippen LogP contribution in [0.4, 0.5) is 0 Å². The van der Waals surface area contributed by atoms with Crippen LogP contribution >= 0.6 is 0 Å². The van der Waals surface area contributed by atoms with Crippen molar-refractivity contribution in [3.05, 3.63) is 35.4 Å². The first-order valence-electron chi connectivity index (χ1n) is 6.62. The summed E-state index contributed by atoms with van der Waals surface area (Å²) in [5, 5.41) is 12.2. The minimum atomic E-state index is -0.304. The Morgan fingerprint density at radius 1 is 1.44 bits per heavy atom. The van der Waals surface area contributed by atoms with E-state index < -0.39 is 0 Å². The number of nitrogens with one attached hydrogen (secondary N) is 1. The van der Waals surface area contributed by atoms with Gasteiger partial charge in [-0.25, -0.2) is 0 Å². The van der Waals surface area contributed by atoms with Crippen LogP contribution in [0.5, 0.6) is 0 Å². The molecule has 3 heteroatoms. The van der Waals surface area contributed by atoms with E-state index >= 15 is 0 Å². The third-order valence-electron chi connectivity index (χ3n) is 2.99. The van der Waals surface area contributed by atoms with E-state index in [0.717, 1.165) is 12.8 Å². The minimum Gasteiger partial charge on any atom is -0.393 e. The number of hydrogen-bond donors (Lipinski definition) is 2. The highest BCUT2D eigenvalue weighted by atomic mass is 16.3. The fraction of sp³-hybridized carbons (Fsp3) is 0.533. The molecule has 0 aromatic heterocycles. The topological polar surface area (TPSA) is 49.3 Å². The van der Waals surface area contributed by atoms with E-state index in [2.05, 4.69) is 24.4 Å². The Bertz CT molecular complexity index is 377. The molecule has 0 bridgehead atoms. The average molecular weight is 249 g/mol. The van der Waals surface area contributed by atoms with Gasteiger partial charge in [-0.15, -0.1) is 0 Å². The van der Waals surface area contributed by atoms with Crippen LogP contribution in [0.15, 0.2) is 24.3 Å². The monoisotopic (exact) mass is 249 g/mol. The lowest BCUT2D eigenvalue weighted by Crippen LogP contribution is -2.27. The molecule has 1 amide bonds. The number of carbonyl (C=O) groups excluding carboxylic acids is 1. The second kappa shape index (κ2) is 7.88. The summed E-state index contributed by atoms with van der Waals surface area (Å²) in [6.07, 6.45) is 2.34. The minimum absolute atomic E-state index is 0.0554. The quantitative estimate of drug-likeness (QED) is 0.778. The van der Waals surface area contributed by atoms with Gasteiger partial charge < -0.3 is 10.4 Å². The van der Waals surface area contributed by atoms with E-state index in [9.17, 15) is 9.90 Å². The van der Waals surface area contributed by atoms with Crippen LogP contribution in [0.3, 0.4) is 0 Å². The molecule has 3 nitrogen and oxygen atoms in total. The molecule has 1 aromatic rings. The molecule has 1 aromatic carbocycles. The summed E-state index contributed by atoms with van der Waals surface area (Å²) in [6.45, 7) is 4.54. The Hall–Kier alpha value is -1.35. The Labute approximate surface area is 109 Å². The van der Waals surface area contributed by atoms with Crippen molar-refractivity contribution in [1.82, 2.24) is 5.32 Å². The molecule has 0 fully saturated rings. The van der Waals surface area contributed by atoms with Gasteiger partial charge in [0, 0.05) is 13.0 Å². The molecule has 0 saturated heterocycles. The van der Waals surface area contributed by atoms with Crippen molar-refractivity contribution in [2.45, 2.75) is 45.6 Å². The van der Waals surface area contributed by atoms with Crippen LogP contribution in [0.2, 0.25) is 0 Å². The highest BCUT2D eigenvalue weighted by Gasteiger charge is 2.04. The van der Waals surface area contributed by atoms with Gasteiger partial charge in [-0.1, -0.05) is 36.8 Å². The number of benzene rings is 1. The number of rotatable bonds is 7. The van der Waals surface area contributed by atoms with Crippen molar-refractivity contribution in [1.29, 1.82) is 0 Å². The normalized spacial score (nSPS) is 12.2. The summed E-state index contributed by atoms with van der Waals surface area (Å²) in [7, 11) is 0. The number of aryl methyl sites for hydroxylation is 2. The molecule has 1 atom stereocenters. The first-order valence-corrected chi connectivity index (χ1v) is 6.62. The van der Waals surface area contributed by atoms with Crippen LogP contribution in [0, 0.1) is 6.92 Å². The molecule has 1 unspecified atom stereocenters. The highest BCUT2D eigenvalue weighted by molar-refractivity contribution is 5.76. The highest BCUT2D eigenvalue weighted by Crippen LogP contribution is 2.06. The predicted octanol–water partition coefficient (Wildman–Crippen LogP) is 2.20. The van der Waals surface area contributed by atoms with Gasteiger partial charge in [-0.2, -0.15) is 0 Å². The van der Waals surface area contributed by atoms with Crippen LogP contribution in [0.1, 0.15) is 37.3 Å².